The molecule has 0 N–H and O–H groups in total. The molecule has 0 heterocycles. The van der Waals surface area contributed by atoms with E-state index in [0.717, 1.165) is 12.3 Å². The van der Waals surface area contributed by atoms with Crippen LogP contribution in [0.5, 0.6) is 0 Å². The van der Waals surface area contributed by atoms with Crippen LogP contribution in [0.3, 0.4) is 0 Å². The predicted octanol–water partition coefficient (Wildman–Crippen LogP) is 7.22. The van der Waals surface area contributed by atoms with Gasteiger partial charge in [0.15, 0.2) is 0 Å². The van der Waals surface area contributed by atoms with Crippen molar-refractivity contribution in [2.24, 2.45) is 5.92 Å². The van der Waals surface area contributed by atoms with Crippen molar-refractivity contribution in [3.63, 3.8) is 0 Å². The van der Waals surface area contributed by atoms with Crippen LogP contribution in [0, 0.1) is 5.92 Å². The molecule has 1 unspecified atom stereocenters. The van der Waals surface area contributed by atoms with Gasteiger partial charge in [0.2, 0.25) is 0 Å². The maximum absolute atomic E-state index is 11.2. The van der Waals surface area contributed by atoms with Crippen molar-refractivity contribution in [3.8, 4) is 0 Å². The van der Waals surface area contributed by atoms with Gasteiger partial charge in [-0.25, -0.2) is 4.79 Å². The van der Waals surface area contributed by atoms with Crippen molar-refractivity contribution >= 4 is 5.97 Å². The lowest BCUT2D eigenvalue weighted by Gasteiger charge is -2.07. The van der Waals surface area contributed by atoms with E-state index in [4.69, 9.17) is 4.74 Å². The number of rotatable bonds is 17. The van der Waals surface area contributed by atoms with Gasteiger partial charge in [-0.15, -0.1) is 0 Å². The summed E-state index contributed by atoms with van der Waals surface area (Å²) in [5, 5.41) is 0. The summed E-state index contributed by atoms with van der Waals surface area (Å²) in [7, 11) is 0. The Morgan fingerprint density at radius 1 is 0.833 bits per heavy atom. The molecule has 0 aliphatic heterocycles. The average Bonchev–Trinajstić information content (AvgIpc) is 2.57. The molecule has 0 aromatic heterocycles. The van der Waals surface area contributed by atoms with Crippen LogP contribution in [0.1, 0.15) is 111 Å². The molecule has 0 amide bonds. The quantitative estimate of drug-likeness (QED) is 0.159. The standard InChI is InChI=1S/C22H42O2/c1-5-21(4)18-16-14-12-10-8-6-7-9-11-13-15-17-19-24-22(23)20(2)3/h21H,2,5-19H2,1,3-4H3. The molecule has 0 rings (SSSR count). The van der Waals surface area contributed by atoms with Gasteiger partial charge in [-0.2, -0.15) is 0 Å². The van der Waals surface area contributed by atoms with Gasteiger partial charge in [0, 0.05) is 5.57 Å². The number of hydrogen-bond donors (Lipinski definition) is 0. The number of carbonyl (C=O) groups excluding carboxylic acids is 1. The van der Waals surface area contributed by atoms with Crippen LogP contribution in [-0.4, -0.2) is 12.6 Å². The predicted molar refractivity (Wildman–Crippen MR) is 105 cm³/mol. The van der Waals surface area contributed by atoms with E-state index in [1.54, 1.807) is 6.92 Å². The van der Waals surface area contributed by atoms with Crippen molar-refractivity contribution < 1.29 is 9.53 Å². The van der Waals surface area contributed by atoms with Gasteiger partial charge in [0.25, 0.3) is 0 Å². The van der Waals surface area contributed by atoms with Crippen LogP contribution < -0.4 is 0 Å². The molecule has 2 heteroatoms. The van der Waals surface area contributed by atoms with Crippen LogP contribution in [0.2, 0.25) is 0 Å². The first-order valence-corrected chi connectivity index (χ1v) is 10.4. The zero-order valence-electron chi connectivity index (χ0n) is 16.7. The molecule has 0 aromatic rings. The zero-order chi connectivity index (χ0) is 18.0. The van der Waals surface area contributed by atoms with Crippen LogP contribution in [0.25, 0.3) is 0 Å². The monoisotopic (exact) mass is 338 g/mol. The summed E-state index contributed by atoms with van der Waals surface area (Å²) in [6.45, 7) is 10.5. The first-order valence-electron chi connectivity index (χ1n) is 10.4. The molecule has 24 heavy (non-hydrogen) atoms. The Hall–Kier alpha value is -0.790. The lowest BCUT2D eigenvalue weighted by molar-refractivity contribution is -0.139. The molecule has 142 valence electrons. The lowest BCUT2D eigenvalue weighted by Crippen LogP contribution is -2.05. The fourth-order valence-corrected chi connectivity index (χ4v) is 2.85. The van der Waals surface area contributed by atoms with E-state index < -0.39 is 0 Å². The highest BCUT2D eigenvalue weighted by Crippen LogP contribution is 2.15. The van der Waals surface area contributed by atoms with Crippen LogP contribution in [0.15, 0.2) is 12.2 Å². The Bertz CT molecular complexity index is 309. The second-order valence-electron chi connectivity index (χ2n) is 7.46. The normalized spacial score (nSPS) is 12.1. The SMILES string of the molecule is C=C(C)C(=O)OCCCCCCCCCCCCCCC(C)CC. The molecule has 0 aliphatic rings. The molecule has 0 aromatic carbocycles. The first kappa shape index (κ1) is 23.2. The van der Waals surface area contributed by atoms with Gasteiger partial charge in [-0.3, -0.25) is 0 Å². The van der Waals surface area contributed by atoms with E-state index >= 15 is 0 Å². The molecule has 0 bridgehead atoms. The summed E-state index contributed by atoms with van der Waals surface area (Å²) in [6, 6.07) is 0. The van der Waals surface area contributed by atoms with Gasteiger partial charge in [-0.1, -0.05) is 104 Å². The summed E-state index contributed by atoms with van der Waals surface area (Å²) < 4.78 is 5.08. The third-order valence-corrected chi connectivity index (χ3v) is 4.87. The van der Waals surface area contributed by atoms with Crippen molar-refractivity contribution in [1.29, 1.82) is 0 Å². The Kier molecular flexibility index (Phi) is 16.5. The molecular formula is C22H42O2. The lowest BCUT2D eigenvalue weighted by atomic mass is 9.99. The largest absolute Gasteiger partial charge is 0.462 e. The Labute approximate surface area is 151 Å². The number of esters is 1. The molecule has 1 atom stereocenters. The van der Waals surface area contributed by atoms with E-state index in [2.05, 4.69) is 20.4 Å². The molecular weight excluding hydrogens is 296 g/mol. The maximum Gasteiger partial charge on any atom is 0.333 e. The summed E-state index contributed by atoms with van der Waals surface area (Å²) in [4.78, 5) is 11.2. The molecule has 0 saturated heterocycles. The Morgan fingerprint density at radius 3 is 1.67 bits per heavy atom. The van der Waals surface area contributed by atoms with Crippen LogP contribution in [0.4, 0.5) is 0 Å². The van der Waals surface area contributed by atoms with E-state index in [0.29, 0.717) is 12.2 Å². The van der Waals surface area contributed by atoms with Crippen LogP contribution >= 0.6 is 0 Å². The highest BCUT2D eigenvalue weighted by molar-refractivity contribution is 5.86. The molecule has 0 saturated carbocycles. The number of hydrogen-bond acceptors (Lipinski definition) is 2. The third-order valence-electron chi connectivity index (χ3n) is 4.87. The Balaban J connectivity index is 3.10. The number of carbonyl (C=O) groups is 1. The van der Waals surface area contributed by atoms with Crippen molar-refractivity contribution in [2.75, 3.05) is 6.61 Å². The number of ether oxygens (including phenoxy) is 1. The second kappa shape index (κ2) is 17.0. The van der Waals surface area contributed by atoms with E-state index in [9.17, 15) is 4.79 Å². The second-order valence-corrected chi connectivity index (χ2v) is 7.46. The fourth-order valence-electron chi connectivity index (χ4n) is 2.85. The highest BCUT2D eigenvalue weighted by Gasteiger charge is 2.01. The summed E-state index contributed by atoms with van der Waals surface area (Å²) in [6.07, 6.45) is 18.8. The number of unbranched alkanes of at least 4 members (excludes halogenated alkanes) is 11. The molecule has 0 radical (unpaired) electrons. The van der Waals surface area contributed by atoms with Gasteiger partial charge >= 0.3 is 5.97 Å². The minimum atomic E-state index is -0.255. The van der Waals surface area contributed by atoms with Gasteiger partial charge in [0.1, 0.15) is 0 Å². The molecule has 0 aliphatic carbocycles. The summed E-state index contributed by atoms with van der Waals surface area (Å²) in [5.74, 6) is 0.665. The van der Waals surface area contributed by atoms with E-state index in [1.165, 1.54) is 83.5 Å². The molecule has 2 nitrogen and oxygen atoms in total. The smallest absolute Gasteiger partial charge is 0.333 e. The fraction of sp³-hybridized carbons (Fsp3) is 0.864. The third kappa shape index (κ3) is 16.1. The van der Waals surface area contributed by atoms with E-state index in [-0.39, 0.29) is 5.97 Å². The van der Waals surface area contributed by atoms with Gasteiger partial charge < -0.3 is 4.74 Å². The molecule has 0 spiro atoms. The summed E-state index contributed by atoms with van der Waals surface area (Å²) >= 11 is 0. The van der Waals surface area contributed by atoms with Crippen molar-refractivity contribution in [1.82, 2.24) is 0 Å². The van der Waals surface area contributed by atoms with Gasteiger partial charge in [0.05, 0.1) is 6.61 Å². The Morgan fingerprint density at radius 2 is 1.25 bits per heavy atom. The van der Waals surface area contributed by atoms with Crippen molar-refractivity contribution in [2.45, 2.75) is 111 Å². The minimum Gasteiger partial charge on any atom is -0.462 e. The van der Waals surface area contributed by atoms with E-state index in [1.807, 2.05) is 0 Å². The maximum atomic E-state index is 11.2. The van der Waals surface area contributed by atoms with Gasteiger partial charge in [-0.05, 0) is 19.3 Å². The molecule has 0 fully saturated rings. The average molecular weight is 339 g/mol. The first-order chi connectivity index (χ1) is 11.6. The van der Waals surface area contributed by atoms with Crippen molar-refractivity contribution in [3.05, 3.63) is 12.2 Å². The highest BCUT2D eigenvalue weighted by atomic mass is 16.5. The zero-order valence-corrected chi connectivity index (χ0v) is 16.7. The topological polar surface area (TPSA) is 26.3 Å². The summed E-state index contributed by atoms with van der Waals surface area (Å²) in [5.41, 5.74) is 0.491. The minimum absolute atomic E-state index is 0.255. The van der Waals surface area contributed by atoms with Crippen LogP contribution in [-0.2, 0) is 9.53 Å².